The number of aromatic nitrogens is 1. The molecule has 0 atom stereocenters. The zero-order valence-electron chi connectivity index (χ0n) is 12.2. The van der Waals surface area contributed by atoms with E-state index in [4.69, 9.17) is 9.72 Å². The second-order valence-corrected chi connectivity index (χ2v) is 4.89. The van der Waals surface area contributed by atoms with Crippen molar-refractivity contribution < 1.29 is 4.74 Å². The summed E-state index contributed by atoms with van der Waals surface area (Å²) in [6.45, 7) is 10.0. The minimum Gasteiger partial charge on any atom is -0.494 e. The van der Waals surface area contributed by atoms with Gasteiger partial charge in [0.15, 0.2) is 0 Å². The van der Waals surface area contributed by atoms with Crippen LogP contribution in [-0.2, 0) is 0 Å². The topological polar surface area (TPSA) is 34.2 Å². The molecule has 0 amide bonds. The van der Waals surface area contributed by atoms with Gasteiger partial charge in [0.2, 0.25) is 0 Å². The highest BCUT2D eigenvalue weighted by Crippen LogP contribution is 2.29. The van der Waals surface area contributed by atoms with Crippen LogP contribution in [0, 0.1) is 0 Å². The van der Waals surface area contributed by atoms with Gasteiger partial charge in [0.1, 0.15) is 5.75 Å². The minimum absolute atomic E-state index is 0.424. The van der Waals surface area contributed by atoms with Crippen molar-refractivity contribution in [3.63, 3.8) is 0 Å². The number of nitrogens with zero attached hydrogens (tertiary/aromatic N) is 1. The zero-order valence-corrected chi connectivity index (χ0v) is 12.2. The van der Waals surface area contributed by atoms with E-state index in [-0.39, 0.29) is 0 Å². The van der Waals surface area contributed by atoms with Gasteiger partial charge in [-0.2, -0.15) is 0 Å². The molecular weight excluding hydrogens is 236 g/mol. The Bertz CT molecular complexity index is 564. The lowest BCUT2D eigenvalue weighted by Crippen LogP contribution is -2.02. The monoisotopic (exact) mass is 258 g/mol. The maximum atomic E-state index is 5.57. The third-order valence-corrected chi connectivity index (χ3v) is 3.07. The van der Waals surface area contributed by atoms with E-state index in [9.17, 15) is 0 Å². The molecule has 0 spiro atoms. The number of fused-ring (bicyclic) bond motifs is 1. The predicted molar refractivity (Wildman–Crippen MR) is 81.2 cm³/mol. The standard InChI is InChI=1S/C16H22N2O/c1-5-17-16-10-15(11(3)4)18-14-8-7-12(19-6-2)9-13(14)16/h7-11H,5-6H2,1-4H3,(H,17,18). The van der Waals surface area contributed by atoms with Gasteiger partial charge < -0.3 is 10.1 Å². The molecule has 19 heavy (non-hydrogen) atoms. The van der Waals surface area contributed by atoms with E-state index in [2.05, 4.69) is 38.2 Å². The fourth-order valence-corrected chi connectivity index (χ4v) is 2.11. The minimum atomic E-state index is 0.424. The van der Waals surface area contributed by atoms with Crippen LogP contribution in [-0.4, -0.2) is 18.1 Å². The van der Waals surface area contributed by atoms with Gasteiger partial charge in [-0.1, -0.05) is 13.8 Å². The molecule has 1 heterocycles. The first kappa shape index (κ1) is 13.7. The molecule has 1 N–H and O–H groups in total. The van der Waals surface area contributed by atoms with Crippen LogP contribution in [0.3, 0.4) is 0 Å². The van der Waals surface area contributed by atoms with Crippen LogP contribution in [0.25, 0.3) is 10.9 Å². The maximum absolute atomic E-state index is 5.57. The van der Waals surface area contributed by atoms with Crippen molar-refractivity contribution in [2.45, 2.75) is 33.6 Å². The van der Waals surface area contributed by atoms with Crippen molar-refractivity contribution in [3.8, 4) is 5.75 Å². The van der Waals surface area contributed by atoms with E-state index in [1.807, 2.05) is 19.1 Å². The van der Waals surface area contributed by atoms with E-state index >= 15 is 0 Å². The van der Waals surface area contributed by atoms with E-state index in [1.165, 1.54) is 0 Å². The van der Waals surface area contributed by atoms with Gasteiger partial charge in [-0.15, -0.1) is 0 Å². The highest BCUT2D eigenvalue weighted by molar-refractivity contribution is 5.92. The highest BCUT2D eigenvalue weighted by atomic mass is 16.5. The number of benzene rings is 1. The zero-order chi connectivity index (χ0) is 13.8. The summed E-state index contributed by atoms with van der Waals surface area (Å²) in [4.78, 5) is 4.72. The highest BCUT2D eigenvalue weighted by Gasteiger charge is 2.09. The molecule has 3 nitrogen and oxygen atoms in total. The summed E-state index contributed by atoms with van der Waals surface area (Å²) >= 11 is 0. The van der Waals surface area contributed by atoms with Gasteiger partial charge in [0.25, 0.3) is 0 Å². The molecule has 3 heteroatoms. The normalized spacial score (nSPS) is 11.0. The van der Waals surface area contributed by atoms with Gasteiger partial charge in [0.05, 0.1) is 12.1 Å². The van der Waals surface area contributed by atoms with Crippen molar-refractivity contribution in [1.82, 2.24) is 4.98 Å². The molecule has 1 aromatic heterocycles. The molecular formula is C16H22N2O. The Morgan fingerprint density at radius 3 is 2.63 bits per heavy atom. The second kappa shape index (κ2) is 5.91. The molecule has 0 aliphatic carbocycles. The van der Waals surface area contributed by atoms with Crippen LogP contribution in [0.2, 0.25) is 0 Å². The molecule has 0 bridgehead atoms. The molecule has 2 aromatic rings. The number of anilines is 1. The Labute approximate surface area is 115 Å². The van der Waals surface area contributed by atoms with Gasteiger partial charge in [-0.25, -0.2) is 0 Å². The average molecular weight is 258 g/mol. The van der Waals surface area contributed by atoms with E-state index in [0.717, 1.165) is 34.6 Å². The van der Waals surface area contributed by atoms with Crippen molar-refractivity contribution >= 4 is 16.6 Å². The van der Waals surface area contributed by atoms with E-state index in [1.54, 1.807) is 0 Å². The predicted octanol–water partition coefficient (Wildman–Crippen LogP) is 4.19. The number of pyridine rings is 1. The van der Waals surface area contributed by atoms with Gasteiger partial charge in [-0.3, -0.25) is 4.98 Å². The number of ether oxygens (including phenoxy) is 1. The van der Waals surface area contributed by atoms with E-state index < -0.39 is 0 Å². The Balaban J connectivity index is 2.57. The number of nitrogens with one attached hydrogen (secondary N) is 1. The lowest BCUT2D eigenvalue weighted by atomic mass is 10.1. The van der Waals surface area contributed by atoms with Crippen LogP contribution < -0.4 is 10.1 Å². The Morgan fingerprint density at radius 2 is 2.00 bits per heavy atom. The van der Waals surface area contributed by atoms with Crippen molar-refractivity contribution in [3.05, 3.63) is 30.0 Å². The summed E-state index contributed by atoms with van der Waals surface area (Å²) in [5, 5.41) is 4.54. The Hall–Kier alpha value is -1.77. The average Bonchev–Trinajstić information content (AvgIpc) is 2.39. The summed E-state index contributed by atoms with van der Waals surface area (Å²) in [6.07, 6.45) is 0. The fourth-order valence-electron chi connectivity index (χ4n) is 2.11. The number of hydrogen-bond donors (Lipinski definition) is 1. The molecule has 0 saturated heterocycles. The molecule has 0 aliphatic rings. The maximum Gasteiger partial charge on any atom is 0.120 e. The van der Waals surface area contributed by atoms with Gasteiger partial charge in [-0.05, 0) is 44.0 Å². The number of rotatable bonds is 5. The molecule has 0 saturated carbocycles. The second-order valence-electron chi connectivity index (χ2n) is 4.89. The molecule has 0 aliphatic heterocycles. The van der Waals surface area contributed by atoms with Crippen molar-refractivity contribution in [2.24, 2.45) is 0 Å². The van der Waals surface area contributed by atoms with Crippen LogP contribution in [0.1, 0.15) is 39.3 Å². The summed E-state index contributed by atoms with van der Waals surface area (Å²) in [5.74, 6) is 1.32. The molecule has 2 rings (SSSR count). The summed E-state index contributed by atoms with van der Waals surface area (Å²) in [5.41, 5.74) is 3.27. The van der Waals surface area contributed by atoms with Gasteiger partial charge in [0, 0.05) is 23.3 Å². The summed E-state index contributed by atoms with van der Waals surface area (Å²) in [7, 11) is 0. The first-order valence-electron chi connectivity index (χ1n) is 6.97. The third kappa shape index (κ3) is 2.98. The quantitative estimate of drug-likeness (QED) is 0.873. The fraction of sp³-hybridized carbons (Fsp3) is 0.438. The Morgan fingerprint density at radius 1 is 1.21 bits per heavy atom. The van der Waals surface area contributed by atoms with Crippen LogP contribution in [0.4, 0.5) is 5.69 Å². The summed E-state index contributed by atoms with van der Waals surface area (Å²) < 4.78 is 5.57. The lowest BCUT2D eigenvalue weighted by molar-refractivity contribution is 0.340. The molecule has 102 valence electrons. The van der Waals surface area contributed by atoms with Crippen molar-refractivity contribution in [1.29, 1.82) is 0 Å². The lowest BCUT2D eigenvalue weighted by Gasteiger charge is -2.13. The number of hydrogen-bond acceptors (Lipinski definition) is 3. The SMILES string of the molecule is CCNc1cc(C(C)C)nc2ccc(OCC)cc12. The van der Waals surface area contributed by atoms with Crippen molar-refractivity contribution in [2.75, 3.05) is 18.5 Å². The van der Waals surface area contributed by atoms with E-state index in [0.29, 0.717) is 12.5 Å². The summed E-state index contributed by atoms with van der Waals surface area (Å²) in [6, 6.07) is 8.23. The first-order chi connectivity index (χ1) is 9.15. The first-order valence-corrected chi connectivity index (χ1v) is 6.97. The third-order valence-electron chi connectivity index (χ3n) is 3.07. The largest absolute Gasteiger partial charge is 0.494 e. The molecule has 0 fully saturated rings. The van der Waals surface area contributed by atoms with Crippen LogP contribution in [0.5, 0.6) is 5.75 Å². The van der Waals surface area contributed by atoms with Crippen LogP contribution >= 0.6 is 0 Å². The smallest absolute Gasteiger partial charge is 0.120 e. The molecule has 0 radical (unpaired) electrons. The Kier molecular flexibility index (Phi) is 4.25. The van der Waals surface area contributed by atoms with Crippen LogP contribution in [0.15, 0.2) is 24.3 Å². The van der Waals surface area contributed by atoms with Gasteiger partial charge >= 0.3 is 0 Å². The molecule has 0 unspecified atom stereocenters. The molecule has 1 aromatic carbocycles.